The SMILES string of the molecule is C=C1C(OC(=O)C=Cc2ccccc2)CCC2(C)C(O)C(O)C34C(C)C(=O)CC(C(OC(C)=O)C123)C4(C)C. The van der Waals surface area contributed by atoms with Gasteiger partial charge in [0.1, 0.15) is 18.0 Å². The molecule has 2 bridgehead atoms. The Kier molecular flexibility index (Phi) is 6.08. The Balaban J connectivity index is 1.64. The lowest BCUT2D eigenvalue weighted by atomic mass is 9.42. The topological polar surface area (TPSA) is 110 Å². The molecule has 0 heterocycles. The van der Waals surface area contributed by atoms with Crippen molar-refractivity contribution < 1.29 is 34.1 Å². The molecule has 0 aromatic heterocycles. The van der Waals surface area contributed by atoms with E-state index in [-0.39, 0.29) is 18.1 Å². The average Bonchev–Trinajstić information content (AvgIpc) is 3.09. The minimum Gasteiger partial charge on any atom is -0.461 e. The van der Waals surface area contributed by atoms with E-state index in [0.717, 1.165) is 5.56 Å². The summed E-state index contributed by atoms with van der Waals surface area (Å²) in [4.78, 5) is 38.9. The molecule has 7 nitrogen and oxygen atoms in total. The lowest BCUT2D eigenvalue weighted by molar-refractivity contribution is -0.180. The van der Waals surface area contributed by atoms with Crippen LogP contribution >= 0.6 is 0 Å². The molecule has 1 aromatic carbocycles. The first-order chi connectivity index (χ1) is 17.8. The molecule has 9 unspecified atom stereocenters. The molecule has 0 saturated heterocycles. The number of rotatable bonds is 4. The normalized spacial score (nSPS) is 43.0. The number of aliphatic hydroxyl groups excluding tert-OH is 2. The number of benzene rings is 1. The number of hydrogen-bond donors (Lipinski definition) is 2. The van der Waals surface area contributed by atoms with E-state index in [1.165, 1.54) is 13.0 Å². The van der Waals surface area contributed by atoms with Crippen molar-refractivity contribution in [2.45, 2.75) is 78.3 Å². The van der Waals surface area contributed by atoms with Crippen molar-refractivity contribution in [2.24, 2.45) is 33.5 Å². The molecule has 4 fully saturated rings. The van der Waals surface area contributed by atoms with E-state index in [1.54, 1.807) is 6.08 Å². The number of fused-ring (bicyclic) bond motifs is 1. The molecule has 1 aromatic rings. The van der Waals surface area contributed by atoms with Gasteiger partial charge in [0.15, 0.2) is 0 Å². The molecule has 0 amide bonds. The number of ether oxygens (including phenoxy) is 2. The maximum absolute atomic E-state index is 13.5. The first-order valence-corrected chi connectivity index (χ1v) is 13.5. The van der Waals surface area contributed by atoms with Crippen molar-refractivity contribution >= 4 is 23.8 Å². The van der Waals surface area contributed by atoms with Gasteiger partial charge >= 0.3 is 11.9 Å². The van der Waals surface area contributed by atoms with Gasteiger partial charge in [-0.2, -0.15) is 0 Å². The summed E-state index contributed by atoms with van der Waals surface area (Å²) in [5, 5.41) is 23.6. The van der Waals surface area contributed by atoms with Crippen LogP contribution in [0.4, 0.5) is 0 Å². The van der Waals surface area contributed by atoms with Crippen molar-refractivity contribution in [3.05, 3.63) is 54.1 Å². The molecule has 4 aliphatic carbocycles. The minimum absolute atomic E-state index is 0.0310. The van der Waals surface area contributed by atoms with Gasteiger partial charge in [-0.3, -0.25) is 9.59 Å². The van der Waals surface area contributed by atoms with Crippen LogP contribution in [-0.4, -0.2) is 52.4 Å². The highest BCUT2D eigenvalue weighted by molar-refractivity contribution is 5.88. The summed E-state index contributed by atoms with van der Waals surface area (Å²) < 4.78 is 12.1. The average molecular weight is 523 g/mol. The van der Waals surface area contributed by atoms with Crippen LogP contribution in [0.3, 0.4) is 0 Å². The quantitative estimate of drug-likeness (QED) is 0.351. The second-order valence-corrected chi connectivity index (χ2v) is 12.5. The number of carbonyl (C=O) groups excluding carboxylic acids is 3. The zero-order valence-electron chi connectivity index (χ0n) is 22.8. The van der Waals surface area contributed by atoms with E-state index in [1.807, 2.05) is 58.0 Å². The van der Waals surface area contributed by atoms with E-state index in [9.17, 15) is 24.6 Å². The van der Waals surface area contributed by atoms with Crippen LogP contribution in [0.1, 0.15) is 59.4 Å². The van der Waals surface area contributed by atoms with Gasteiger partial charge in [0.25, 0.3) is 0 Å². The first-order valence-electron chi connectivity index (χ1n) is 13.5. The maximum atomic E-state index is 13.5. The molecule has 204 valence electrons. The second-order valence-electron chi connectivity index (χ2n) is 12.5. The van der Waals surface area contributed by atoms with Crippen molar-refractivity contribution in [3.8, 4) is 0 Å². The standard InChI is InChI=1S/C31H38O7/c1-17-22(33)16-21-27(37-19(3)32)31-18(2)23(38-24(34)13-12-20-10-8-7-9-11-20)14-15-29(31,6)25(35)26(36)30(17,31)28(21,4)5/h7-13,17,21,23,25-27,35-36H,2,14-16H2,1,3-6H3. The number of Topliss-reactive ketones (excluding diaryl/α,β-unsaturated/α-hetero) is 1. The molecule has 0 radical (unpaired) electrons. The largest absolute Gasteiger partial charge is 0.461 e. The Bertz CT molecular complexity index is 1220. The summed E-state index contributed by atoms with van der Waals surface area (Å²) in [6.45, 7) is 13.5. The molecule has 7 heteroatoms. The third-order valence-electron chi connectivity index (χ3n) is 10.9. The van der Waals surface area contributed by atoms with Gasteiger partial charge in [-0.25, -0.2) is 4.79 Å². The Labute approximate surface area is 223 Å². The molecule has 9 atom stereocenters. The fraction of sp³-hybridized carbons (Fsp3) is 0.581. The molecule has 0 aliphatic heterocycles. The number of hydrogen-bond acceptors (Lipinski definition) is 7. The number of esters is 2. The van der Waals surface area contributed by atoms with Gasteiger partial charge in [-0.15, -0.1) is 0 Å². The van der Waals surface area contributed by atoms with Crippen LogP contribution in [-0.2, 0) is 23.9 Å². The van der Waals surface area contributed by atoms with Crippen LogP contribution in [0.5, 0.6) is 0 Å². The Morgan fingerprint density at radius 2 is 1.74 bits per heavy atom. The second kappa shape index (κ2) is 8.62. The van der Waals surface area contributed by atoms with Crippen molar-refractivity contribution in [3.63, 3.8) is 0 Å². The van der Waals surface area contributed by atoms with Gasteiger partial charge < -0.3 is 19.7 Å². The summed E-state index contributed by atoms with van der Waals surface area (Å²) in [5.41, 5.74) is -2.65. The van der Waals surface area contributed by atoms with E-state index in [0.29, 0.717) is 18.4 Å². The minimum atomic E-state index is -1.26. The third-order valence-corrected chi connectivity index (χ3v) is 10.9. The summed E-state index contributed by atoms with van der Waals surface area (Å²) in [5.74, 6) is -2.09. The number of carbonyl (C=O) groups is 3. The summed E-state index contributed by atoms with van der Waals surface area (Å²) in [6, 6.07) is 9.40. The summed E-state index contributed by atoms with van der Waals surface area (Å²) in [6.07, 6.45) is 0.0520. The van der Waals surface area contributed by atoms with Gasteiger partial charge in [0, 0.05) is 47.5 Å². The molecular formula is C31H38O7. The number of ketones is 1. The fourth-order valence-corrected chi connectivity index (χ4v) is 9.55. The molecule has 4 saturated carbocycles. The molecule has 4 aliphatic rings. The van der Waals surface area contributed by atoms with Gasteiger partial charge in [-0.1, -0.05) is 64.6 Å². The monoisotopic (exact) mass is 522 g/mol. The fourth-order valence-electron chi connectivity index (χ4n) is 9.55. The molecule has 5 rings (SSSR count). The van der Waals surface area contributed by atoms with Crippen molar-refractivity contribution in [2.75, 3.05) is 0 Å². The summed E-state index contributed by atoms with van der Waals surface area (Å²) in [7, 11) is 0. The predicted molar refractivity (Wildman–Crippen MR) is 140 cm³/mol. The lowest BCUT2D eigenvalue weighted by Gasteiger charge is -2.60. The number of aliphatic hydroxyl groups is 2. The van der Waals surface area contributed by atoms with Crippen LogP contribution in [0.2, 0.25) is 0 Å². The zero-order chi connectivity index (χ0) is 27.8. The van der Waals surface area contributed by atoms with Crippen molar-refractivity contribution in [1.29, 1.82) is 0 Å². The Morgan fingerprint density at radius 3 is 2.37 bits per heavy atom. The smallest absolute Gasteiger partial charge is 0.331 e. The highest BCUT2D eigenvalue weighted by Crippen LogP contribution is 2.86. The predicted octanol–water partition coefficient (Wildman–Crippen LogP) is 3.87. The van der Waals surface area contributed by atoms with E-state index in [2.05, 4.69) is 6.58 Å². The van der Waals surface area contributed by atoms with E-state index >= 15 is 0 Å². The van der Waals surface area contributed by atoms with Crippen LogP contribution in [0, 0.1) is 33.5 Å². The molecule has 2 N–H and O–H groups in total. The summed E-state index contributed by atoms with van der Waals surface area (Å²) >= 11 is 0. The highest BCUT2D eigenvalue weighted by atomic mass is 16.6. The molecule has 38 heavy (non-hydrogen) atoms. The Morgan fingerprint density at radius 1 is 1.08 bits per heavy atom. The van der Waals surface area contributed by atoms with Gasteiger partial charge in [0.05, 0.1) is 12.2 Å². The van der Waals surface area contributed by atoms with Gasteiger partial charge in [-0.05, 0) is 35.5 Å². The van der Waals surface area contributed by atoms with Gasteiger partial charge in [0.2, 0.25) is 0 Å². The van der Waals surface area contributed by atoms with Crippen LogP contribution in [0.25, 0.3) is 6.08 Å². The Hall–Kier alpha value is -2.77. The van der Waals surface area contributed by atoms with Crippen LogP contribution in [0.15, 0.2) is 48.6 Å². The highest BCUT2D eigenvalue weighted by Gasteiger charge is 2.90. The van der Waals surface area contributed by atoms with Crippen LogP contribution < -0.4 is 0 Å². The lowest BCUT2D eigenvalue weighted by Crippen LogP contribution is -2.63. The van der Waals surface area contributed by atoms with E-state index < -0.39 is 63.9 Å². The molecule has 2 spiro atoms. The zero-order valence-corrected chi connectivity index (χ0v) is 22.8. The third kappa shape index (κ3) is 3.00. The van der Waals surface area contributed by atoms with Crippen molar-refractivity contribution in [1.82, 2.24) is 0 Å². The molecular weight excluding hydrogens is 484 g/mol. The van der Waals surface area contributed by atoms with E-state index in [4.69, 9.17) is 9.47 Å². The first kappa shape index (κ1) is 26.8. The maximum Gasteiger partial charge on any atom is 0.331 e.